The number of aryl methyl sites for hydroxylation is 1. The molecule has 0 bridgehead atoms. The van der Waals surface area contributed by atoms with Crippen LogP contribution in [-0.2, 0) is 0 Å². The van der Waals surface area contributed by atoms with Crippen LogP contribution in [0.3, 0.4) is 0 Å². The van der Waals surface area contributed by atoms with Crippen LogP contribution in [0.15, 0.2) is 34.8 Å². The summed E-state index contributed by atoms with van der Waals surface area (Å²) in [5, 5.41) is 11.0. The molecule has 20 heavy (non-hydrogen) atoms. The van der Waals surface area contributed by atoms with Gasteiger partial charge < -0.3 is 9.47 Å². The molecule has 0 fully saturated rings. The Morgan fingerprint density at radius 3 is 2.65 bits per heavy atom. The first-order valence-corrected chi connectivity index (χ1v) is 6.44. The molecule has 0 radical (unpaired) electrons. The molecular formula is C13H11BrN2O4. The molecule has 104 valence electrons. The summed E-state index contributed by atoms with van der Waals surface area (Å²) >= 11 is 3.34. The quantitative estimate of drug-likeness (QED) is 0.625. The van der Waals surface area contributed by atoms with Crippen molar-refractivity contribution in [2.24, 2.45) is 0 Å². The first kappa shape index (κ1) is 14.3. The average Bonchev–Trinajstić information content (AvgIpc) is 2.41. The number of ether oxygens (including phenoxy) is 2. The minimum atomic E-state index is -0.546. The van der Waals surface area contributed by atoms with Gasteiger partial charge in [-0.3, -0.25) is 10.1 Å². The Morgan fingerprint density at radius 2 is 2.05 bits per heavy atom. The minimum absolute atomic E-state index is 0.0974. The number of hydrogen-bond acceptors (Lipinski definition) is 5. The highest BCUT2D eigenvalue weighted by Crippen LogP contribution is 2.33. The van der Waals surface area contributed by atoms with E-state index in [-0.39, 0.29) is 17.4 Å². The third kappa shape index (κ3) is 3.05. The summed E-state index contributed by atoms with van der Waals surface area (Å²) in [6.07, 6.45) is 0. The number of benzene rings is 1. The van der Waals surface area contributed by atoms with E-state index in [1.54, 1.807) is 12.1 Å². The van der Waals surface area contributed by atoms with Crippen molar-refractivity contribution in [3.63, 3.8) is 0 Å². The second-order valence-corrected chi connectivity index (χ2v) is 4.86. The summed E-state index contributed by atoms with van der Waals surface area (Å²) < 4.78 is 11.4. The van der Waals surface area contributed by atoms with Gasteiger partial charge in [0.25, 0.3) is 0 Å². The molecule has 0 spiro atoms. The SMILES string of the molecule is COc1ccc([N+](=O)[O-])c(Oc2ccc(Br)cc2C)n1. The third-order valence-corrected chi connectivity index (χ3v) is 3.06. The number of hydrogen-bond donors (Lipinski definition) is 0. The van der Waals surface area contributed by atoms with Crippen LogP contribution in [0.2, 0.25) is 0 Å². The fourth-order valence-electron chi connectivity index (χ4n) is 1.58. The lowest BCUT2D eigenvalue weighted by Gasteiger charge is -2.09. The number of nitro groups is 1. The number of nitrogens with zero attached hydrogens (tertiary/aromatic N) is 2. The van der Waals surface area contributed by atoms with Gasteiger partial charge in [0.15, 0.2) is 0 Å². The van der Waals surface area contributed by atoms with E-state index in [0.29, 0.717) is 5.75 Å². The van der Waals surface area contributed by atoms with Gasteiger partial charge in [0.05, 0.1) is 12.0 Å². The molecule has 0 atom stereocenters. The molecule has 1 aromatic heterocycles. The van der Waals surface area contributed by atoms with Crippen molar-refractivity contribution in [2.45, 2.75) is 6.92 Å². The zero-order chi connectivity index (χ0) is 14.7. The molecule has 1 aromatic carbocycles. The summed E-state index contributed by atoms with van der Waals surface area (Å²) in [4.78, 5) is 14.4. The highest BCUT2D eigenvalue weighted by atomic mass is 79.9. The van der Waals surface area contributed by atoms with Gasteiger partial charge in [0.1, 0.15) is 5.75 Å². The monoisotopic (exact) mass is 338 g/mol. The molecule has 2 aromatic rings. The molecule has 0 unspecified atom stereocenters. The predicted molar refractivity (Wildman–Crippen MR) is 76.4 cm³/mol. The number of pyridine rings is 1. The van der Waals surface area contributed by atoms with Crippen molar-refractivity contribution in [1.29, 1.82) is 0 Å². The Kier molecular flexibility index (Phi) is 4.19. The van der Waals surface area contributed by atoms with E-state index in [1.807, 2.05) is 13.0 Å². The molecule has 6 nitrogen and oxygen atoms in total. The minimum Gasteiger partial charge on any atom is -0.481 e. The first-order chi connectivity index (χ1) is 9.51. The van der Waals surface area contributed by atoms with Gasteiger partial charge in [0.2, 0.25) is 5.88 Å². The van der Waals surface area contributed by atoms with E-state index in [4.69, 9.17) is 9.47 Å². The molecule has 0 N–H and O–H groups in total. The second-order valence-electron chi connectivity index (χ2n) is 3.95. The fraction of sp³-hybridized carbons (Fsp3) is 0.154. The number of rotatable bonds is 4. The zero-order valence-electron chi connectivity index (χ0n) is 10.8. The van der Waals surface area contributed by atoms with E-state index in [0.717, 1.165) is 10.0 Å². The van der Waals surface area contributed by atoms with Crippen molar-refractivity contribution < 1.29 is 14.4 Å². The van der Waals surface area contributed by atoms with Crippen LogP contribution in [0.1, 0.15) is 5.56 Å². The number of halogens is 1. The first-order valence-electron chi connectivity index (χ1n) is 5.64. The van der Waals surface area contributed by atoms with Gasteiger partial charge in [-0.25, -0.2) is 0 Å². The number of methoxy groups -OCH3 is 1. The Bertz CT molecular complexity index is 661. The van der Waals surface area contributed by atoms with Crippen LogP contribution < -0.4 is 9.47 Å². The molecule has 0 saturated heterocycles. The maximum Gasteiger partial charge on any atom is 0.331 e. The lowest BCUT2D eigenvalue weighted by Crippen LogP contribution is -1.98. The van der Waals surface area contributed by atoms with Crippen LogP contribution in [0, 0.1) is 17.0 Å². The third-order valence-electron chi connectivity index (χ3n) is 2.56. The van der Waals surface area contributed by atoms with E-state index in [2.05, 4.69) is 20.9 Å². The molecule has 0 aliphatic heterocycles. The van der Waals surface area contributed by atoms with Crippen molar-refractivity contribution in [3.05, 3.63) is 50.5 Å². The van der Waals surface area contributed by atoms with Crippen molar-refractivity contribution in [1.82, 2.24) is 4.98 Å². The predicted octanol–water partition coefficient (Wildman–Crippen LogP) is 3.86. The summed E-state index contributed by atoms with van der Waals surface area (Å²) in [6, 6.07) is 8.06. The van der Waals surface area contributed by atoms with Gasteiger partial charge in [-0.2, -0.15) is 4.98 Å². The molecule has 7 heteroatoms. The Labute approximate surface area is 123 Å². The van der Waals surface area contributed by atoms with Crippen LogP contribution in [0.25, 0.3) is 0 Å². The van der Waals surface area contributed by atoms with Crippen LogP contribution >= 0.6 is 15.9 Å². The summed E-state index contributed by atoms with van der Waals surface area (Å²) in [6.45, 7) is 1.84. The Hall–Kier alpha value is -2.15. The molecule has 1 heterocycles. The average molecular weight is 339 g/mol. The molecule has 0 aliphatic carbocycles. The van der Waals surface area contributed by atoms with Crippen molar-refractivity contribution in [2.75, 3.05) is 7.11 Å². The van der Waals surface area contributed by atoms with Crippen LogP contribution in [0.4, 0.5) is 5.69 Å². The Morgan fingerprint density at radius 1 is 1.30 bits per heavy atom. The highest BCUT2D eigenvalue weighted by Gasteiger charge is 2.19. The van der Waals surface area contributed by atoms with Gasteiger partial charge in [0, 0.05) is 16.6 Å². The number of aromatic nitrogens is 1. The van der Waals surface area contributed by atoms with Crippen molar-refractivity contribution >= 4 is 21.6 Å². The van der Waals surface area contributed by atoms with E-state index in [1.165, 1.54) is 19.2 Å². The second kappa shape index (κ2) is 5.87. The normalized spacial score (nSPS) is 10.2. The fourth-order valence-corrected chi connectivity index (χ4v) is 2.05. The standard InChI is InChI=1S/C13H11BrN2O4/c1-8-7-9(14)3-5-11(8)20-13-10(16(17)18)4-6-12(15-13)19-2/h3-7H,1-2H3. The van der Waals surface area contributed by atoms with Crippen molar-refractivity contribution in [3.8, 4) is 17.5 Å². The summed E-state index contributed by atoms with van der Waals surface area (Å²) in [5.74, 6) is 0.650. The Balaban J connectivity index is 2.43. The maximum atomic E-state index is 11.0. The van der Waals surface area contributed by atoms with Gasteiger partial charge >= 0.3 is 11.6 Å². The molecule has 0 aliphatic rings. The zero-order valence-corrected chi connectivity index (χ0v) is 12.4. The van der Waals surface area contributed by atoms with E-state index in [9.17, 15) is 10.1 Å². The van der Waals surface area contributed by atoms with Gasteiger partial charge in [-0.1, -0.05) is 15.9 Å². The molecule has 0 saturated carbocycles. The summed E-state index contributed by atoms with van der Waals surface area (Å²) in [7, 11) is 1.43. The lowest BCUT2D eigenvalue weighted by atomic mass is 10.2. The van der Waals surface area contributed by atoms with Gasteiger partial charge in [-0.05, 0) is 30.7 Å². The topological polar surface area (TPSA) is 74.5 Å². The smallest absolute Gasteiger partial charge is 0.331 e. The van der Waals surface area contributed by atoms with Crippen LogP contribution in [-0.4, -0.2) is 17.0 Å². The molecule has 0 amide bonds. The molecule has 2 rings (SSSR count). The summed E-state index contributed by atoms with van der Waals surface area (Å²) in [5.41, 5.74) is 0.617. The maximum absolute atomic E-state index is 11.0. The largest absolute Gasteiger partial charge is 0.481 e. The highest BCUT2D eigenvalue weighted by molar-refractivity contribution is 9.10. The van der Waals surface area contributed by atoms with E-state index >= 15 is 0 Å². The van der Waals surface area contributed by atoms with Gasteiger partial charge in [-0.15, -0.1) is 0 Å². The van der Waals surface area contributed by atoms with E-state index < -0.39 is 4.92 Å². The lowest BCUT2D eigenvalue weighted by molar-refractivity contribution is -0.386. The van der Waals surface area contributed by atoms with Crippen LogP contribution in [0.5, 0.6) is 17.5 Å². The molecular weight excluding hydrogens is 328 g/mol.